The number of aryl methyl sites for hydroxylation is 1. The lowest BCUT2D eigenvalue weighted by molar-refractivity contribution is 0.0942. The van der Waals surface area contributed by atoms with E-state index in [0.717, 1.165) is 20.3 Å². The average Bonchev–Trinajstić information content (AvgIpc) is 3.23. The number of halogens is 2. The summed E-state index contributed by atoms with van der Waals surface area (Å²) in [7, 11) is 0. The molecule has 1 amide bonds. The molecular formula is C22H18BrFN2OS. The van der Waals surface area contributed by atoms with Crippen LogP contribution in [0.25, 0.3) is 10.2 Å². The topological polar surface area (TPSA) is 34.0 Å². The van der Waals surface area contributed by atoms with Crippen molar-refractivity contribution < 1.29 is 9.18 Å². The fourth-order valence-corrected chi connectivity index (χ4v) is 4.86. The number of amides is 1. The third-order valence-corrected chi connectivity index (χ3v) is 6.49. The van der Waals surface area contributed by atoms with Gasteiger partial charge in [-0.25, -0.2) is 4.39 Å². The van der Waals surface area contributed by atoms with Gasteiger partial charge in [-0.2, -0.15) is 0 Å². The number of aromatic nitrogens is 1. The van der Waals surface area contributed by atoms with Gasteiger partial charge in [0.05, 0.1) is 14.7 Å². The molecule has 0 saturated carbocycles. The van der Waals surface area contributed by atoms with Crippen molar-refractivity contribution in [2.45, 2.75) is 20.0 Å². The van der Waals surface area contributed by atoms with E-state index in [1.807, 2.05) is 16.0 Å². The zero-order valence-corrected chi connectivity index (χ0v) is 17.6. The highest BCUT2D eigenvalue weighted by Gasteiger charge is 2.19. The zero-order valence-electron chi connectivity index (χ0n) is 15.2. The van der Waals surface area contributed by atoms with Crippen LogP contribution >= 0.6 is 27.3 Å². The molecule has 2 heterocycles. The Kier molecular flexibility index (Phi) is 5.33. The number of nitrogens with zero attached hydrogens (tertiary/aromatic N) is 1. The van der Waals surface area contributed by atoms with Crippen LogP contribution in [0.15, 0.2) is 64.5 Å². The largest absolute Gasteiger partial charge is 0.347 e. The minimum Gasteiger partial charge on any atom is -0.347 e. The summed E-state index contributed by atoms with van der Waals surface area (Å²) in [5.74, 6) is -0.535. The Balaban J connectivity index is 1.65. The van der Waals surface area contributed by atoms with E-state index in [2.05, 4.69) is 52.4 Å². The highest BCUT2D eigenvalue weighted by molar-refractivity contribution is 9.10. The molecule has 0 bridgehead atoms. The Morgan fingerprint density at radius 1 is 1.18 bits per heavy atom. The Bertz CT molecular complexity index is 1150. The van der Waals surface area contributed by atoms with Crippen LogP contribution in [0.4, 0.5) is 4.39 Å². The van der Waals surface area contributed by atoms with E-state index in [9.17, 15) is 9.18 Å². The van der Waals surface area contributed by atoms with Gasteiger partial charge in [-0.15, -0.1) is 11.3 Å². The molecule has 1 N–H and O–H groups in total. The lowest BCUT2D eigenvalue weighted by atomic mass is 10.1. The van der Waals surface area contributed by atoms with Crippen molar-refractivity contribution in [1.82, 2.24) is 9.88 Å². The molecule has 0 atom stereocenters. The fourth-order valence-electron chi connectivity index (χ4n) is 3.17. The van der Waals surface area contributed by atoms with E-state index in [-0.39, 0.29) is 18.3 Å². The van der Waals surface area contributed by atoms with Crippen LogP contribution in [0.5, 0.6) is 0 Å². The van der Waals surface area contributed by atoms with E-state index < -0.39 is 0 Å². The van der Waals surface area contributed by atoms with Gasteiger partial charge in [-0.3, -0.25) is 4.79 Å². The molecule has 0 aliphatic carbocycles. The molecule has 0 spiro atoms. The van der Waals surface area contributed by atoms with E-state index in [0.29, 0.717) is 17.8 Å². The average molecular weight is 457 g/mol. The molecule has 0 radical (unpaired) electrons. The molecular weight excluding hydrogens is 439 g/mol. The second-order valence-electron chi connectivity index (χ2n) is 6.67. The highest BCUT2D eigenvalue weighted by atomic mass is 79.9. The Hall–Kier alpha value is -2.44. The zero-order chi connectivity index (χ0) is 19.7. The van der Waals surface area contributed by atoms with Crippen molar-refractivity contribution >= 4 is 43.4 Å². The van der Waals surface area contributed by atoms with Gasteiger partial charge < -0.3 is 9.88 Å². The molecule has 0 unspecified atom stereocenters. The summed E-state index contributed by atoms with van der Waals surface area (Å²) in [6.45, 7) is 2.78. The van der Waals surface area contributed by atoms with Gasteiger partial charge in [0.1, 0.15) is 11.5 Å². The molecule has 4 aromatic rings. The molecule has 4 rings (SSSR count). The second-order valence-corrected chi connectivity index (χ2v) is 8.44. The third kappa shape index (κ3) is 3.75. The number of hydrogen-bond donors (Lipinski definition) is 1. The van der Waals surface area contributed by atoms with Crippen LogP contribution in [-0.2, 0) is 13.1 Å². The maximum Gasteiger partial charge on any atom is 0.268 e. The number of fused-ring (bicyclic) bond motifs is 1. The Morgan fingerprint density at radius 2 is 1.93 bits per heavy atom. The minimum absolute atomic E-state index is 0.149. The van der Waals surface area contributed by atoms with Crippen molar-refractivity contribution in [3.63, 3.8) is 0 Å². The summed E-state index contributed by atoms with van der Waals surface area (Å²) in [5.41, 5.74) is 4.35. The van der Waals surface area contributed by atoms with E-state index in [4.69, 9.17) is 0 Å². The lowest BCUT2D eigenvalue weighted by Gasteiger charge is -2.12. The SMILES string of the molecule is Cc1ccc(Cn2c(C(=O)NCc3ccccc3F)cc3scc(Br)c32)cc1. The van der Waals surface area contributed by atoms with Crippen molar-refractivity contribution in [3.8, 4) is 0 Å². The first kappa shape index (κ1) is 18.9. The van der Waals surface area contributed by atoms with Crippen LogP contribution in [0.1, 0.15) is 27.2 Å². The fraction of sp³-hybridized carbons (Fsp3) is 0.136. The normalized spacial score (nSPS) is 11.1. The number of rotatable bonds is 5. The van der Waals surface area contributed by atoms with Crippen LogP contribution in [0.2, 0.25) is 0 Å². The molecule has 142 valence electrons. The van der Waals surface area contributed by atoms with Gasteiger partial charge in [-0.05, 0) is 40.5 Å². The highest BCUT2D eigenvalue weighted by Crippen LogP contribution is 2.34. The first-order valence-electron chi connectivity index (χ1n) is 8.86. The summed E-state index contributed by atoms with van der Waals surface area (Å²) >= 11 is 5.19. The number of thiophene rings is 1. The Morgan fingerprint density at radius 3 is 2.68 bits per heavy atom. The number of hydrogen-bond acceptors (Lipinski definition) is 2. The van der Waals surface area contributed by atoms with Crippen molar-refractivity contribution in [2.24, 2.45) is 0 Å². The summed E-state index contributed by atoms with van der Waals surface area (Å²) < 4.78 is 17.9. The molecule has 0 saturated heterocycles. The van der Waals surface area contributed by atoms with Crippen LogP contribution in [0, 0.1) is 12.7 Å². The second kappa shape index (κ2) is 7.89. The van der Waals surface area contributed by atoms with E-state index in [1.165, 1.54) is 11.6 Å². The van der Waals surface area contributed by atoms with Gasteiger partial charge in [-0.1, -0.05) is 48.0 Å². The number of nitrogens with one attached hydrogen (secondary N) is 1. The third-order valence-electron chi connectivity index (χ3n) is 4.67. The smallest absolute Gasteiger partial charge is 0.268 e. The van der Waals surface area contributed by atoms with Gasteiger partial charge >= 0.3 is 0 Å². The molecule has 0 aliphatic rings. The van der Waals surface area contributed by atoms with Crippen molar-refractivity contribution in [2.75, 3.05) is 0 Å². The predicted molar refractivity (Wildman–Crippen MR) is 115 cm³/mol. The monoisotopic (exact) mass is 456 g/mol. The molecule has 28 heavy (non-hydrogen) atoms. The number of benzene rings is 2. The predicted octanol–water partition coefficient (Wildman–Crippen LogP) is 5.89. The van der Waals surface area contributed by atoms with Gasteiger partial charge in [0.2, 0.25) is 0 Å². The number of carbonyl (C=O) groups is 1. The molecule has 3 nitrogen and oxygen atoms in total. The van der Waals surface area contributed by atoms with Crippen molar-refractivity contribution in [3.05, 3.63) is 92.7 Å². The summed E-state index contributed by atoms with van der Waals surface area (Å²) in [6, 6.07) is 16.6. The Labute approximate surface area is 174 Å². The lowest BCUT2D eigenvalue weighted by Crippen LogP contribution is -2.26. The molecule has 0 fully saturated rings. The molecule has 0 aliphatic heterocycles. The van der Waals surface area contributed by atoms with Crippen molar-refractivity contribution in [1.29, 1.82) is 0 Å². The van der Waals surface area contributed by atoms with Gasteiger partial charge in [0, 0.05) is 24.0 Å². The summed E-state index contributed by atoms with van der Waals surface area (Å²) in [5, 5.41) is 4.88. The summed E-state index contributed by atoms with van der Waals surface area (Å²) in [6.07, 6.45) is 0. The van der Waals surface area contributed by atoms with Gasteiger partial charge in [0.15, 0.2) is 0 Å². The van der Waals surface area contributed by atoms with Crippen LogP contribution in [0.3, 0.4) is 0 Å². The van der Waals surface area contributed by atoms with Gasteiger partial charge in [0.25, 0.3) is 5.91 Å². The maximum atomic E-state index is 13.9. The first-order valence-corrected chi connectivity index (χ1v) is 10.5. The molecule has 2 aromatic carbocycles. The molecule has 2 aromatic heterocycles. The number of carbonyl (C=O) groups excluding carboxylic acids is 1. The van der Waals surface area contributed by atoms with Crippen LogP contribution < -0.4 is 5.32 Å². The van der Waals surface area contributed by atoms with E-state index >= 15 is 0 Å². The standard InChI is InChI=1S/C22H18BrFN2OS/c1-14-6-8-15(9-7-14)12-26-19(10-20-21(26)17(23)13-28-20)22(27)25-11-16-4-2-3-5-18(16)24/h2-10,13H,11-12H2,1H3,(H,25,27). The van der Waals surface area contributed by atoms with E-state index in [1.54, 1.807) is 29.5 Å². The maximum absolute atomic E-state index is 13.9. The quantitative estimate of drug-likeness (QED) is 0.398. The first-order chi connectivity index (χ1) is 13.5. The summed E-state index contributed by atoms with van der Waals surface area (Å²) in [4.78, 5) is 12.9. The van der Waals surface area contributed by atoms with Crippen LogP contribution in [-0.4, -0.2) is 10.5 Å². The minimum atomic E-state index is -0.318. The molecule has 6 heteroatoms.